The summed E-state index contributed by atoms with van der Waals surface area (Å²) in [5.41, 5.74) is -0.291. The second kappa shape index (κ2) is 3.10. The molecule has 4 heteroatoms. The van der Waals surface area contributed by atoms with Crippen molar-refractivity contribution in [2.24, 2.45) is 0 Å². The van der Waals surface area contributed by atoms with Gasteiger partial charge in [0.25, 0.3) is 0 Å². The molecular formula is C9H18BNO2. The first-order valence-corrected chi connectivity index (χ1v) is 4.69. The van der Waals surface area contributed by atoms with Crippen LogP contribution in [0.4, 0.5) is 0 Å². The van der Waals surface area contributed by atoms with E-state index in [1.807, 2.05) is 13.8 Å². The van der Waals surface area contributed by atoms with E-state index >= 15 is 0 Å². The Hall–Kier alpha value is -0.345. The van der Waals surface area contributed by atoms with E-state index in [1.165, 1.54) is 0 Å². The van der Waals surface area contributed by atoms with Gasteiger partial charge in [-0.15, -0.1) is 0 Å². The van der Waals surface area contributed by atoms with Crippen LogP contribution < -0.4 is 5.23 Å². The zero-order valence-corrected chi connectivity index (χ0v) is 9.10. The Morgan fingerprint density at radius 2 is 1.92 bits per heavy atom. The molecule has 1 fully saturated rings. The molecule has 1 aliphatic heterocycles. The maximum Gasteiger partial charge on any atom is 0.388 e. The number of hydrogen-bond donors (Lipinski definition) is 1. The average Bonchev–Trinajstić information content (AvgIpc) is 1.98. The van der Waals surface area contributed by atoms with Crippen LogP contribution in [0.3, 0.4) is 0 Å². The number of rotatable bonds is 2. The summed E-state index contributed by atoms with van der Waals surface area (Å²) in [6.07, 6.45) is 0.451. The van der Waals surface area contributed by atoms with E-state index in [-0.39, 0.29) is 24.0 Å². The van der Waals surface area contributed by atoms with Gasteiger partial charge in [-0.2, -0.15) is 0 Å². The first-order chi connectivity index (χ1) is 5.74. The molecule has 1 saturated heterocycles. The number of Topliss-reactive ketones (excluding diaryl/α,β-unsaturated/α-hetero) is 1. The number of ketones is 1. The molecule has 0 aromatic heterocycles. The Morgan fingerprint density at radius 1 is 1.38 bits per heavy atom. The maximum absolute atomic E-state index is 10.9. The summed E-state index contributed by atoms with van der Waals surface area (Å²) in [6, 6.07) is 0. The Kier molecular flexibility index (Phi) is 2.56. The zero-order chi connectivity index (χ0) is 10.3. The van der Waals surface area contributed by atoms with Crippen molar-refractivity contribution in [2.45, 2.75) is 52.1 Å². The number of carbonyl (C=O) groups excluding carboxylic acids is 1. The second-order valence-corrected chi connectivity index (χ2v) is 4.79. The normalized spacial score (nSPS) is 24.8. The molecule has 1 heterocycles. The fraction of sp³-hybridized carbons (Fsp3) is 0.889. The summed E-state index contributed by atoms with van der Waals surface area (Å²) < 4.78 is 5.74. The van der Waals surface area contributed by atoms with Crippen LogP contribution in [-0.4, -0.2) is 24.0 Å². The van der Waals surface area contributed by atoms with E-state index in [2.05, 4.69) is 19.1 Å². The monoisotopic (exact) mass is 183 g/mol. The van der Waals surface area contributed by atoms with E-state index in [1.54, 1.807) is 6.92 Å². The quantitative estimate of drug-likeness (QED) is 0.654. The molecule has 0 bridgehead atoms. The van der Waals surface area contributed by atoms with Gasteiger partial charge in [0.2, 0.25) is 0 Å². The van der Waals surface area contributed by atoms with Gasteiger partial charge in [-0.05, 0) is 34.6 Å². The highest BCUT2D eigenvalue weighted by Gasteiger charge is 2.49. The molecule has 0 aromatic rings. The van der Waals surface area contributed by atoms with Crippen molar-refractivity contribution in [1.29, 1.82) is 0 Å². The van der Waals surface area contributed by atoms with Crippen LogP contribution in [0.1, 0.15) is 34.6 Å². The maximum atomic E-state index is 10.9. The fourth-order valence-corrected chi connectivity index (χ4v) is 1.46. The van der Waals surface area contributed by atoms with Gasteiger partial charge in [0, 0.05) is 11.9 Å². The second-order valence-electron chi connectivity index (χ2n) is 4.79. The molecule has 0 radical (unpaired) electrons. The van der Waals surface area contributed by atoms with E-state index < -0.39 is 0 Å². The summed E-state index contributed by atoms with van der Waals surface area (Å²) in [6.45, 7) is 9.85. The fourth-order valence-electron chi connectivity index (χ4n) is 1.46. The van der Waals surface area contributed by atoms with Crippen molar-refractivity contribution in [1.82, 2.24) is 5.23 Å². The van der Waals surface area contributed by atoms with Gasteiger partial charge in [-0.1, -0.05) is 0 Å². The molecule has 1 aliphatic rings. The van der Waals surface area contributed by atoms with Crippen molar-refractivity contribution < 1.29 is 9.45 Å². The Morgan fingerprint density at radius 3 is 2.23 bits per heavy atom. The SMILES string of the molecule is CC(=O)CB1NC(C)(C)C(C)(C)O1. The first kappa shape index (κ1) is 10.7. The molecule has 1 N–H and O–H groups in total. The third-order valence-electron chi connectivity index (χ3n) is 2.94. The lowest BCUT2D eigenvalue weighted by Gasteiger charge is -2.33. The van der Waals surface area contributed by atoms with Crippen LogP contribution in [-0.2, 0) is 9.45 Å². The average molecular weight is 183 g/mol. The Balaban J connectivity index is 2.65. The van der Waals surface area contributed by atoms with Gasteiger partial charge in [-0.3, -0.25) is 0 Å². The molecule has 0 aromatic carbocycles. The number of hydrogen-bond acceptors (Lipinski definition) is 3. The van der Waals surface area contributed by atoms with Crippen LogP contribution in [0.25, 0.3) is 0 Å². The summed E-state index contributed by atoms with van der Waals surface area (Å²) in [5, 5.41) is 3.31. The largest absolute Gasteiger partial charge is 0.414 e. The minimum absolute atomic E-state index is 0.0763. The minimum atomic E-state index is -0.215. The molecule has 13 heavy (non-hydrogen) atoms. The summed E-state index contributed by atoms with van der Waals surface area (Å²) in [7, 11) is -0.123. The Labute approximate surface area is 80.4 Å². The summed E-state index contributed by atoms with van der Waals surface area (Å²) >= 11 is 0. The first-order valence-electron chi connectivity index (χ1n) is 4.69. The third-order valence-corrected chi connectivity index (χ3v) is 2.94. The predicted molar refractivity (Wildman–Crippen MR) is 53.6 cm³/mol. The van der Waals surface area contributed by atoms with E-state index in [4.69, 9.17) is 4.65 Å². The van der Waals surface area contributed by atoms with E-state index in [9.17, 15) is 4.79 Å². The van der Waals surface area contributed by atoms with Crippen molar-refractivity contribution in [3.8, 4) is 0 Å². The van der Waals surface area contributed by atoms with Crippen LogP contribution in [0.5, 0.6) is 0 Å². The van der Waals surface area contributed by atoms with Gasteiger partial charge in [0.05, 0.1) is 5.60 Å². The summed E-state index contributed by atoms with van der Waals surface area (Å²) in [4.78, 5) is 10.9. The molecule has 0 unspecified atom stereocenters. The van der Waals surface area contributed by atoms with Crippen molar-refractivity contribution in [3.63, 3.8) is 0 Å². The van der Waals surface area contributed by atoms with Gasteiger partial charge < -0.3 is 14.7 Å². The van der Waals surface area contributed by atoms with Crippen molar-refractivity contribution in [3.05, 3.63) is 0 Å². The third kappa shape index (κ3) is 2.12. The molecule has 0 spiro atoms. The molecule has 1 rings (SSSR count). The van der Waals surface area contributed by atoms with E-state index in [0.29, 0.717) is 6.32 Å². The lowest BCUT2D eigenvalue weighted by Crippen LogP contribution is -2.49. The topological polar surface area (TPSA) is 38.3 Å². The zero-order valence-electron chi connectivity index (χ0n) is 9.10. The molecule has 0 amide bonds. The highest BCUT2D eigenvalue weighted by molar-refractivity contribution is 6.54. The molecular weight excluding hydrogens is 165 g/mol. The smallest absolute Gasteiger partial charge is 0.388 e. The molecule has 74 valence electrons. The lowest BCUT2D eigenvalue weighted by molar-refractivity contribution is -0.115. The predicted octanol–water partition coefficient (Wildman–Crippen LogP) is 1.24. The highest BCUT2D eigenvalue weighted by atomic mass is 16.5. The van der Waals surface area contributed by atoms with Gasteiger partial charge in [-0.25, -0.2) is 0 Å². The van der Waals surface area contributed by atoms with Crippen LogP contribution in [0.15, 0.2) is 0 Å². The van der Waals surface area contributed by atoms with Gasteiger partial charge in [0.15, 0.2) is 0 Å². The summed E-state index contributed by atoms with van der Waals surface area (Å²) in [5.74, 6) is 0.158. The molecule has 0 atom stereocenters. The van der Waals surface area contributed by atoms with Crippen LogP contribution >= 0.6 is 0 Å². The van der Waals surface area contributed by atoms with Crippen molar-refractivity contribution in [2.75, 3.05) is 0 Å². The number of nitrogens with one attached hydrogen (secondary N) is 1. The van der Waals surface area contributed by atoms with E-state index in [0.717, 1.165) is 0 Å². The number of carbonyl (C=O) groups is 1. The standard InChI is InChI=1S/C9H18BNO2/c1-7(12)6-10-11-8(2,3)9(4,5)13-10/h11H,6H2,1-5H3. The molecule has 0 aliphatic carbocycles. The minimum Gasteiger partial charge on any atom is -0.414 e. The molecule has 0 saturated carbocycles. The lowest BCUT2D eigenvalue weighted by atomic mass is 9.76. The van der Waals surface area contributed by atoms with Gasteiger partial charge in [0.1, 0.15) is 5.78 Å². The Bertz CT molecular complexity index is 210. The highest BCUT2D eigenvalue weighted by Crippen LogP contribution is 2.32. The van der Waals surface area contributed by atoms with Crippen LogP contribution in [0.2, 0.25) is 6.32 Å². The van der Waals surface area contributed by atoms with Crippen LogP contribution in [0, 0.1) is 0 Å². The molecule has 3 nitrogen and oxygen atoms in total. The van der Waals surface area contributed by atoms with Crippen molar-refractivity contribution >= 4 is 12.8 Å². The van der Waals surface area contributed by atoms with Gasteiger partial charge >= 0.3 is 7.05 Å².